The molecule has 1 aromatic rings. The first-order valence-electron chi connectivity index (χ1n) is 6.28. The number of halogens is 1. The third kappa shape index (κ3) is 4.90. The Morgan fingerprint density at radius 2 is 2.26 bits per heavy atom. The Morgan fingerprint density at radius 1 is 1.42 bits per heavy atom. The summed E-state index contributed by atoms with van der Waals surface area (Å²) in [6.45, 7) is 2.55. The fourth-order valence-corrected chi connectivity index (χ4v) is 2.87. The van der Waals surface area contributed by atoms with E-state index in [-0.39, 0.29) is 5.91 Å². The van der Waals surface area contributed by atoms with Crippen molar-refractivity contribution < 1.29 is 4.79 Å². The standard InChI is InChI=1S/C14H17ClN2OS/c15-12-3-1-2-4-13(12)19-10-14(18)17-9-11-5-7-16-8-6-11/h1-5,16H,6-10H2,(H,17,18). The van der Waals surface area contributed by atoms with Gasteiger partial charge in [-0.3, -0.25) is 4.79 Å². The van der Waals surface area contributed by atoms with Gasteiger partial charge in [0.05, 0.1) is 10.8 Å². The first kappa shape index (κ1) is 14.4. The molecular weight excluding hydrogens is 280 g/mol. The van der Waals surface area contributed by atoms with Gasteiger partial charge in [-0.15, -0.1) is 11.8 Å². The van der Waals surface area contributed by atoms with Crippen LogP contribution in [0.15, 0.2) is 40.8 Å². The van der Waals surface area contributed by atoms with Crippen LogP contribution in [0.2, 0.25) is 5.02 Å². The van der Waals surface area contributed by atoms with E-state index >= 15 is 0 Å². The molecule has 0 aliphatic carbocycles. The molecule has 1 heterocycles. The average Bonchev–Trinajstić information content (AvgIpc) is 2.45. The van der Waals surface area contributed by atoms with Crippen LogP contribution in [-0.4, -0.2) is 31.3 Å². The zero-order valence-corrected chi connectivity index (χ0v) is 12.2. The first-order valence-corrected chi connectivity index (χ1v) is 7.65. The topological polar surface area (TPSA) is 41.1 Å². The van der Waals surface area contributed by atoms with Crippen molar-refractivity contribution in [1.29, 1.82) is 0 Å². The lowest BCUT2D eigenvalue weighted by Gasteiger charge is -2.14. The Morgan fingerprint density at radius 3 is 3.00 bits per heavy atom. The minimum atomic E-state index is 0.0457. The van der Waals surface area contributed by atoms with Gasteiger partial charge in [0.2, 0.25) is 5.91 Å². The molecule has 1 aliphatic heterocycles. The lowest BCUT2D eigenvalue weighted by Crippen LogP contribution is -2.30. The maximum absolute atomic E-state index is 11.8. The normalized spacial score (nSPS) is 14.9. The predicted octanol–water partition coefficient (Wildman–Crippen LogP) is 2.47. The second-order valence-electron chi connectivity index (χ2n) is 4.31. The van der Waals surface area contributed by atoms with Gasteiger partial charge in [-0.05, 0) is 25.1 Å². The van der Waals surface area contributed by atoms with Gasteiger partial charge in [0, 0.05) is 18.0 Å². The maximum atomic E-state index is 11.8. The molecule has 0 fully saturated rings. The fraction of sp³-hybridized carbons (Fsp3) is 0.357. The molecule has 19 heavy (non-hydrogen) atoms. The van der Waals surface area contributed by atoms with Crippen molar-refractivity contribution >= 4 is 29.3 Å². The second-order valence-corrected chi connectivity index (χ2v) is 5.74. The van der Waals surface area contributed by atoms with Crippen LogP contribution >= 0.6 is 23.4 Å². The van der Waals surface area contributed by atoms with Crippen LogP contribution in [0.25, 0.3) is 0 Å². The van der Waals surface area contributed by atoms with Crippen LogP contribution in [-0.2, 0) is 4.79 Å². The number of carbonyl (C=O) groups is 1. The Hall–Kier alpha value is -0.970. The summed E-state index contributed by atoms with van der Waals surface area (Å²) in [4.78, 5) is 12.7. The zero-order valence-electron chi connectivity index (χ0n) is 10.6. The molecule has 102 valence electrons. The van der Waals surface area contributed by atoms with Crippen LogP contribution in [0.3, 0.4) is 0 Å². The summed E-state index contributed by atoms with van der Waals surface area (Å²) in [6.07, 6.45) is 3.16. The smallest absolute Gasteiger partial charge is 0.230 e. The van der Waals surface area contributed by atoms with Gasteiger partial charge in [-0.1, -0.05) is 35.4 Å². The van der Waals surface area contributed by atoms with Crippen molar-refractivity contribution in [2.24, 2.45) is 0 Å². The fourth-order valence-electron chi connectivity index (χ4n) is 1.80. The van der Waals surface area contributed by atoms with Gasteiger partial charge >= 0.3 is 0 Å². The van der Waals surface area contributed by atoms with Gasteiger partial charge in [0.1, 0.15) is 0 Å². The molecule has 0 saturated carbocycles. The highest BCUT2D eigenvalue weighted by molar-refractivity contribution is 8.00. The van der Waals surface area contributed by atoms with E-state index in [0.29, 0.717) is 17.3 Å². The quantitative estimate of drug-likeness (QED) is 0.648. The van der Waals surface area contributed by atoms with Gasteiger partial charge < -0.3 is 10.6 Å². The number of benzene rings is 1. The average molecular weight is 297 g/mol. The van der Waals surface area contributed by atoms with E-state index in [1.54, 1.807) is 0 Å². The molecule has 0 aromatic heterocycles. The van der Waals surface area contributed by atoms with Crippen LogP contribution < -0.4 is 10.6 Å². The maximum Gasteiger partial charge on any atom is 0.230 e. The molecule has 0 radical (unpaired) electrons. The third-order valence-electron chi connectivity index (χ3n) is 2.87. The molecule has 3 nitrogen and oxygen atoms in total. The van der Waals surface area contributed by atoms with Crippen LogP contribution in [0.4, 0.5) is 0 Å². The first-order chi connectivity index (χ1) is 9.25. The molecule has 0 spiro atoms. The molecule has 1 amide bonds. The molecule has 0 unspecified atom stereocenters. The molecule has 2 rings (SSSR count). The largest absolute Gasteiger partial charge is 0.352 e. The van der Waals surface area contributed by atoms with E-state index in [1.807, 2.05) is 24.3 Å². The highest BCUT2D eigenvalue weighted by atomic mass is 35.5. The summed E-state index contributed by atoms with van der Waals surface area (Å²) < 4.78 is 0. The van der Waals surface area contributed by atoms with Crippen molar-refractivity contribution in [2.45, 2.75) is 11.3 Å². The van der Waals surface area contributed by atoms with Crippen molar-refractivity contribution in [3.63, 3.8) is 0 Å². The Bertz CT molecular complexity index is 476. The summed E-state index contributed by atoms with van der Waals surface area (Å²) >= 11 is 7.50. The lowest BCUT2D eigenvalue weighted by molar-refractivity contribution is -0.118. The number of thioether (sulfide) groups is 1. The number of nitrogens with one attached hydrogen (secondary N) is 2. The van der Waals surface area contributed by atoms with Crippen LogP contribution in [0.1, 0.15) is 6.42 Å². The summed E-state index contributed by atoms with van der Waals surface area (Å²) in [6, 6.07) is 7.57. The summed E-state index contributed by atoms with van der Waals surface area (Å²) in [5.41, 5.74) is 1.30. The minimum Gasteiger partial charge on any atom is -0.352 e. The number of amides is 1. The third-order valence-corrected chi connectivity index (χ3v) is 4.38. The van der Waals surface area contributed by atoms with Crippen molar-refractivity contribution in [3.05, 3.63) is 40.9 Å². The predicted molar refractivity (Wildman–Crippen MR) is 80.8 cm³/mol. The second kappa shape index (κ2) is 7.58. The SMILES string of the molecule is O=C(CSc1ccccc1Cl)NCC1=CCNCC1. The Kier molecular flexibility index (Phi) is 5.76. The van der Waals surface area contributed by atoms with Gasteiger partial charge in [-0.2, -0.15) is 0 Å². The monoisotopic (exact) mass is 296 g/mol. The lowest BCUT2D eigenvalue weighted by atomic mass is 10.1. The minimum absolute atomic E-state index is 0.0457. The highest BCUT2D eigenvalue weighted by Crippen LogP contribution is 2.26. The van der Waals surface area contributed by atoms with Crippen molar-refractivity contribution in [3.8, 4) is 0 Å². The van der Waals surface area contributed by atoms with E-state index in [2.05, 4.69) is 16.7 Å². The zero-order chi connectivity index (χ0) is 13.5. The molecule has 0 bridgehead atoms. The van der Waals surface area contributed by atoms with E-state index in [9.17, 15) is 4.79 Å². The van der Waals surface area contributed by atoms with E-state index in [1.165, 1.54) is 17.3 Å². The Labute approximate surface area is 122 Å². The van der Waals surface area contributed by atoms with Crippen LogP contribution in [0.5, 0.6) is 0 Å². The molecule has 5 heteroatoms. The summed E-state index contributed by atoms with van der Waals surface area (Å²) in [5, 5.41) is 6.89. The van der Waals surface area contributed by atoms with Crippen LogP contribution in [0, 0.1) is 0 Å². The Balaban J connectivity index is 1.73. The van der Waals surface area contributed by atoms with Gasteiger partial charge in [0.25, 0.3) is 0 Å². The van der Waals surface area contributed by atoms with Crippen molar-refractivity contribution in [2.75, 3.05) is 25.4 Å². The van der Waals surface area contributed by atoms with Gasteiger partial charge in [-0.25, -0.2) is 0 Å². The molecule has 1 aromatic carbocycles. The molecule has 2 N–H and O–H groups in total. The summed E-state index contributed by atoms with van der Waals surface area (Å²) in [7, 11) is 0. The number of carbonyl (C=O) groups excluding carboxylic acids is 1. The van der Waals surface area contributed by atoms with Crippen molar-refractivity contribution in [1.82, 2.24) is 10.6 Å². The molecule has 0 atom stereocenters. The molecule has 1 aliphatic rings. The number of hydrogen-bond acceptors (Lipinski definition) is 3. The molecular formula is C14H17ClN2OS. The highest BCUT2D eigenvalue weighted by Gasteiger charge is 2.07. The molecule has 0 saturated heterocycles. The van der Waals surface area contributed by atoms with E-state index in [4.69, 9.17) is 11.6 Å². The number of rotatable bonds is 5. The van der Waals surface area contributed by atoms with E-state index in [0.717, 1.165) is 24.4 Å². The summed E-state index contributed by atoms with van der Waals surface area (Å²) in [5.74, 6) is 0.444. The van der Waals surface area contributed by atoms with E-state index < -0.39 is 0 Å². The number of hydrogen-bond donors (Lipinski definition) is 2. The van der Waals surface area contributed by atoms with Gasteiger partial charge in [0.15, 0.2) is 0 Å².